The number of ether oxygens (including phenoxy) is 2. The van der Waals surface area contributed by atoms with Gasteiger partial charge in [-0.3, -0.25) is 0 Å². The van der Waals surface area contributed by atoms with E-state index in [-0.39, 0.29) is 12.2 Å². The highest BCUT2D eigenvalue weighted by molar-refractivity contribution is 7.89. The first kappa shape index (κ1) is 15.2. The van der Waals surface area contributed by atoms with Crippen LogP contribution in [0.2, 0.25) is 0 Å². The van der Waals surface area contributed by atoms with Crippen LogP contribution in [0.1, 0.15) is 6.42 Å². The number of anilines is 1. The van der Waals surface area contributed by atoms with Crippen LogP contribution in [0, 0.1) is 5.82 Å². The van der Waals surface area contributed by atoms with E-state index in [0.717, 1.165) is 6.07 Å². The van der Waals surface area contributed by atoms with E-state index in [1.54, 1.807) is 0 Å². The van der Waals surface area contributed by atoms with Gasteiger partial charge >= 0.3 is 0 Å². The van der Waals surface area contributed by atoms with E-state index in [9.17, 15) is 12.8 Å². The van der Waals surface area contributed by atoms with Crippen molar-refractivity contribution in [1.82, 2.24) is 4.72 Å². The summed E-state index contributed by atoms with van der Waals surface area (Å²) < 4.78 is 50.9. The number of halogens is 1. The average molecular weight is 304 g/mol. The fourth-order valence-electron chi connectivity index (χ4n) is 2.07. The molecule has 1 atom stereocenters. The number of rotatable bonds is 5. The van der Waals surface area contributed by atoms with Gasteiger partial charge in [0.2, 0.25) is 10.0 Å². The molecule has 0 aliphatic carbocycles. The van der Waals surface area contributed by atoms with Crippen molar-refractivity contribution in [2.24, 2.45) is 0 Å². The fraction of sp³-hybridized carbons (Fsp3) is 0.500. The van der Waals surface area contributed by atoms with E-state index in [1.807, 2.05) is 0 Å². The molecule has 0 bridgehead atoms. The molecular weight excluding hydrogens is 287 g/mol. The second-order valence-electron chi connectivity index (χ2n) is 4.67. The number of nitrogens with two attached hydrogens (primary N) is 1. The van der Waals surface area contributed by atoms with Crippen LogP contribution in [0.15, 0.2) is 23.1 Å². The minimum atomic E-state index is -4.04. The van der Waals surface area contributed by atoms with Gasteiger partial charge in [-0.1, -0.05) is 6.07 Å². The van der Waals surface area contributed by atoms with Gasteiger partial charge in [0.05, 0.1) is 12.3 Å². The molecule has 1 aliphatic rings. The molecule has 0 aromatic heterocycles. The number of hydrogen-bond donors (Lipinski definition) is 2. The summed E-state index contributed by atoms with van der Waals surface area (Å²) in [5, 5.41) is 0. The number of nitrogens with one attached hydrogen (secondary N) is 1. The molecule has 1 heterocycles. The van der Waals surface area contributed by atoms with E-state index in [1.165, 1.54) is 19.2 Å². The Balaban J connectivity index is 2.20. The Bertz CT molecular complexity index is 565. The van der Waals surface area contributed by atoms with Gasteiger partial charge in [-0.25, -0.2) is 17.5 Å². The summed E-state index contributed by atoms with van der Waals surface area (Å²) in [6.07, 6.45) is 0.568. The number of benzene rings is 1. The average Bonchev–Trinajstić information content (AvgIpc) is 2.85. The third-order valence-corrected chi connectivity index (χ3v) is 4.84. The zero-order valence-electron chi connectivity index (χ0n) is 11.1. The Labute approximate surface area is 117 Å². The van der Waals surface area contributed by atoms with Gasteiger partial charge in [0.1, 0.15) is 16.3 Å². The topological polar surface area (TPSA) is 90.7 Å². The summed E-state index contributed by atoms with van der Waals surface area (Å²) in [4.78, 5) is -0.537. The van der Waals surface area contributed by atoms with Crippen LogP contribution in [0.25, 0.3) is 0 Å². The molecule has 1 unspecified atom stereocenters. The second-order valence-corrected chi connectivity index (χ2v) is 6.38. The highest BCUT2D eigenvalue weighted by Crippen LogP contribution is 2.24. The predicted octanol–water partition coefficient (Wildman–Crippen LogP) is 0.492. The highest BCUT2D eigenvalue weighted by atomic mass is 32.2. The quantitative estimate of drug-likeness (QED) is 0.773. The third kappa shape index (κ3) is 2.93. The van der Waals surface area contributed by atoms with Gasteiger partial charge in [0.15, 0.2) is 0 Å². The first-order chi connectivity index (χ1) is 9.40. The minimum absolute atomic E-state index is 0.000389. The molecule has 1 saturated heterocycles. The van der Waals surface area contributed by atoms with Gasteiger partial charge in [0.25, 0.3) is 0 Å². The molecule has 20 heavy (non-hydrogen) atoms. The molecule has 8 heteroatoms. The molecule has 1 aromatic rings. The number of methoxy groups -OCH3 is 1. The Hall–Kier alpha value is -1.22. The zero-order chi connectivity index (χ0) is 14.8. The van der Waals surface area contributed by atoms with Crippen LogP contribution in [-0.2, 0) is 19.5 Å². The van der Waals surface area contributed by atoms with E-state index in [2.05, 4.69) is 4.72 Å². The molecule has 1 aromatic carbocycles. The van der Waals surface area contributed by atoms with Crippen molar-refractivity contribution < 1.29 is 22.3 Å². The Morgan fingerprint density at radius 2 is 2.30 bits per heavy atom. The largest absolute Gasteiger partial charge is 0.398 e. The Morgan fingerprint density at radius 1 is 1.55 bits per heavy atom. The Morgan fingerprint density at radius 3 is 2.85 bits per heavy atom. The summed E-state index contributed by atoms with van der Waals surface area (Å²) in [6, 6.07) is 3.74. The van der Waals surface area contributed by atoms with E-state index >= 15 is 0 Å². The molecule has 1 aliphatic heterocycles. The van der Waals surface area contributed by atoms with Crippen molar-refractivity contribution in [3.63, 3.8) is 0 Å². The van der Waals surface area contributed by atoms with Crippen molar-refractivity contribution in [2.45, 2.75) is 16.9 Å². The summed E-state index contributed by atoms with van der Waals surface area (Å²) >= 11 is 0. The smallest absolute Gasteiger partial charge is 0.245 e. The molecule has 1 fully saturated rings. The molecule has 112 valence electrons. The normalized spacial score (nSPS) is 23.1. The molecule has 3 N–H and O–H groups in total. The molecule has 0 amide bonds. The van der Waals surface area contributed by atoms with Gasteiger partial charge in [-0.15, -0.1) is 0 Å². The van der Waals surface area contributed by atoms with E-state index < -0.39 is 26.3 Å². The van der Waals surface area contributed by atoms with Crippen LogP contribution >= 0.6 is 0 Å². The van der Waals surface area contributed by atoms with Gasteiger partial charge < -0.3 is 15.2 Å². The lowest BCUT2D eigenvalue weighted by molar-refractivity contribution is -0.0120. The standard InChI is InChI=1S/C12H17FN2O4S/c1-18-12(5-6-19-8-12)7-15-20(16,17)11-9(13)3-2-4-10(11)14/h2-4,15H,5-8,14H2,1H3. The van der Waals surface area contributed by atoms with Crippen molar-refractivity contribution in [3.8, 4) is 0 Å². The SMILES string of the molecule is COC1(CNS(=O)(=O)c2c(N)cccc2F)CCOC1. The summed E-state index contributed by atoms with van der Waals surface area (Å²) in [6.45, 7) is 0.787. The lowest BCUT2D eigenvalue weighted by atomic mass is 10.0. The number of hydrogen-bond acceptors (Lipinski definition) is 5. The highest BCUT2D eigenvalue weighted by Gasteiger charge is 2.36. The first-order valence-corrected chi connectivity index (χ1v) is 7.55. The van der Waals surface area contributed by atoms with Crippen molar-refractivity contribution in [3.05, 3.63) is 24.0 Å². The maximum atomic E-state index is 13.7. The fourth-order valence-corrected chi connectivity index (χ4v) is 3.37. The van der Waals surface area contributed by atoms with Crippen LogP contribution in [-0.4, -0.2) is 40.9 Å². The van der Waals surface area contributed by atoms with Crippen LogP contribution < -0.4 is 10.5 Å². The Kier molecular flexibility index (Phi) is 4.28. The molecular formula is C12H17FN2O4S. The molecule has 6 nitrogen and oxygen atoms in total. The van der Waals surface area contributed by atoms with E-state index in [4.69, 9.17) is 15.2 Å². The maximum absolute atomic E-state index is 13.7. The lowest BCUT2D eigenvalue weighted by Crippen LogP contribution is -2.45. The lowest BCUT2D eigenvalue weighted by Gasteiger charge is -2.25. The summed E-state index contributed by atoms with van der Waals surface area (Å²) in [5.41, 5.74) is 4.69. The number of sulfonamides is 1. The van der Waals surface area contributed by atoms with Gasteiger partial charge in [0, 0.05) is 26.7 Å². The number of nitrogen functional groups attached to an aromatic ring is 1. The van der Waals surface area contributed by atoms with Crippen molar-refractivity contribution in [2.75, 3.05) is 32.6 Å². The summed E-state index contributed by atoms with van der Waals surface area (Å²) in [7, 11) is -2.56. The van der Waals surface area contributed by atoms with Crippen molar-refractivity contribution >= 4 is 15.7 Å². The molecule has 2 rings (SSSR count). The van der Waals surface area contributed by atoms with Crippen molar-refractivity contribution in [1.29, 1.82) is 0 Å². The summed E-state index contributed by atoms with van der Waals surface area (Å²) in [5.74, 6) is -0.883. The predicted molar refractivity (Wildman–Crippen MR) is 71.2 cm³/mol. The zero-order valence-corrected chi connectivity index (χ0v) is 11.9. The van der Waals surface area contributed by atoms with Gasteiger partial charge in [-0.05, 0) is 12.1 Å². The van der Waals surface area contributed by atoms with E-state index in [0.29, 0.717) is 19.6 Å². The van der Waals surface area contributed by atoms with Crippen LogP contribution in [0.5, 0.6) is 0 Å². The molecule has 0 saturated carbocycles. The molecule has 0 spiro atoms. The van der Waals surface area contributed by atoms with Gasteiger partial charge in [-0.2, -0.15) is 0 Å². The molecule has 0 radical (unpaired) electrons. The maximum Gasteiger partial charge on any atom is 0.245 e. The monoisotopic (exact) mass is 304 g/mol. The second kappa shape index (κ2) is 5.65. The van der Waals surface area contributed by atoms with Crippen LogP contribution in [0.4, 0.5) is 10.1 Å². The van der Waals surface area contributed by atoms with Crippen LogP contribution in [0.3, 0.4) is 0 Å². The first-order valence-electron chi connectivity index (χ1n) is 6.07. The minimum Gasteiger partial charge on any atom is -0.398 e. The third-order valence-electron chi connectivity index (χ3n) is 3.35.